The molecule has 0 radical (unpaired) electrons. The summed E-state index contributed by atoms with van der Waals surface area (Å²) in [6, 6.07) is 6.92. The van der Waals surface area contributed by atoms with Crippen molar-refractivity contribution < 1.29 is 9.59 Å². The molecule has 0 saturated carbocycles. The summed E-state index contributed by atoms with van der Waals surface area (Å²) in [5.41, 5.74) is 2.10. The molecule has 1 aromatic carbocycles. The molecule has 1 aromatic rings. The lowest BCUT2D eigenvalue weighted by molar-refractivity contribution is 0.0672. The Bertz CT molecular complexity index is 473. The van der Waals surface area contributed by atoms with Crippen molar-refractivity contribution in [3.63, 3.8) is 0 Å². The highest BCUT2D eigenvalue weighted by Crippen LogP contribution is 2.22. The van der Waals surface area contributed by atoms with Crippen LogP contribution in [0.3, 0.4) is 0 Å². The molecule has 0 aliphatic carbocycles. The fraction of sp³-hybridized carbons (Fsp3) is 0.231. The van der Waals surface area contributed by atoms with E-state index >= 15 is 0 Å². The number of benzene rings is 1. The second-order valence-electron chi connectivity index (χ2n) is 3.95. The average Bonchev–Trinajstić information content (AvgIpc) is 2.60. The first-order valence-corrected chi connectivity index (χ1v) is 6.44. The third-order valence-electron chi connectivity index (χ3n) is 2.71. The van der Waals surface area contributed by atoms with Crippen LogP contribution in [0.25, 0.3) is 0 Å². The van der Waals surface area contributed by atoms with Crippen molar-refractivity contribution >= 4 is 27.7 Å². The summed E-state index contributed by atoms with van der Waals surface area (Å²) in [7, 11) is 0. The largest absolute Gasteiger partial charge is 0.270 e. The average molecular weight is 294 g/mol. The quantitative estimate of drug-likeness (QED) is 0.488. The minimum atomic E-state index is -0.204. The molecular formula is C13H12BrNO2. The minimum absolute atomic E-state index is 0.204. The number of fused-ring (bicyclic) bond motifs is 1. The Kier molecular flexibility index (Phi) is 3.43. The van der Waals surface area contributed by atoms with Crippen LogP contribution in [-0.2, 0) is 0 Å². The highest BCUT2D eigenvalue weighted by molar-refractivity contribution is 9.09. The van der Waals surface area contributed by atoms with E-state index < -0.39 is 0 Å². The number of imide groups is 1. The third kappa shape index (κ3) is 2.17. The summed E-state index contributed by atoms with van der Waals surface area (Å²) < 4.78 is 0. The number of alkyl halides is 1. The van der Waals surface area contributed by atoms with Crippen LogP contribution in [0.4, 0.5) is 0 Å². The van der Waals surface area contributed by atoms with Crippen LogP contribution in [-0.4, -0.2) is 28.6 Å². The first-order valence-electron chi connectivity index (χ1n) is 5.32. The van der Waals surface area contributed by atoms with E-state index in [0.717, 1.165) is 10.9 Å². The van der Waals surface area contributed by atoms with Gasteiger partial charge in [0.25, 0.3) is 11.8 Å². The topological polar surface area (TPSA) is 37.4 Å². The van der Waals surface area contributed by atoms with Crippen molar-refractivity contribution in [3.8, 4) is 0 Å². The second-order valence-corrected chi connectivity index (χ2v) is 4.51. The number of allylic oxidation sites excluding steroid dienone is 1. The maximum atomic E-state index is 12.0. The molecule has 0 spiro atoms. The van der Waals surface area contributed by atoms with Gasteiger partial charge in [-0.2, -0.15) is 0 Å². The monoisotopic (exact) mass is 293 g/mol. The number of carbonyl (C=O) groups excluding carboxylic acids is 2. The van der Waals surface area contributed by atoms with Crippen LogP contribution in [0, 0.1) is 0 Å². The summed E-state index contributed by atoms with van der Waals surface area (Å²) in [6.07, 6.45) is 1.89. The van der Waals surface area contributed by atoms with E-state index in [4.69, 9.17) is 0 Å². The molecule has 0 unspecified atom stereocenters. The molecular weight excluding hydrogens is 282 g/mol. The molecule has 88 valence electrons. The fourth-order valence-corrected chi connectivity index (χ4v) is 1.94. The molecule has 3 nitrogen and oxygen atoms in total. The molecule has 2 rings (SSSR count). The van der Waals surface area contributed by atoms with E-state index in [1.807, 2.05) is 13.0 Å². The van der Waals surface area contributed by atoms with E-state index in [9.17, 15) is 9.59 Å². The van der Waals surface area contributed by atoms with E-state index in [1.54, 1.807) is 24.3 Å². The Morgan fingerprint density at radius 2 is 1.76 bits per heavy atom. The minimum Gasteiger partial charge on any atom is -0.270 e. The van der Waals surface area contributed by atoms with Gasteiger partial charge in [0, 0.05) is 11.9 Å². The lowest BCUT2D eigenvalue weighted by Crippen LogP contribution is -2.29. The summed E-state index contributed by atoms with van der Waals surface area (Å²) in [5, 5.41) is 0.746. The van der Waals surface area contributed by atoms with Gasteiger partial charge >= 0.3 is 0 Å². The number of hydrogen-bond donors (Lipinski definition) is 0. The number of halogens is 1. The molecule has 0 fully saturated rings. The normalized spacial score (nSPS) is 15.4. The molecule has 1 aliphatic heterocycles. The summed E-state index contributed by atoms with van der Waals surface area (Å²) in [4.78, 5) is 25.2. The zero-order chi connectivity index (χ0) is 12.4. The number of carbonyl (C=O) groups is 2. The van der Waals surface area contributed by atoms with Crippen LogP contribution in [0.15, 0.2) is 35.9 Å². The van der Waals surface area contributed by atoms with Crippen LogP contribution in [0.1, 0.15) is 27.6 Å². The maximum Gasteiger partial charge on any atom is 0.261 e. The van der Waals surface area contributed by atoms with E-state index in [1.165, 1.54) is 4.90 Å². The van der Waals surface area contributed by atoms with Gasteiger partial charge < -0.3 is 0 Å². The van der Waals surface area contributed by atoms with E-state index in [2.05, 4.69) is 15.9 Å². The number of nitrogens with zero attached hydrogens (tertiary/aromatic N) is 1. The van der Waals surface area contributed by atoms with Crippen molar-refractivity contribution in [1.82, 2.24) is 4.90 Å². The predicted molar refractivity (Wildman–Crippen MR) is 69.4 cm³/mol. The Balaban J connectivity index is 2.25. The van der Waals surface area contributed by atoms with Crippen LogP contribution < -0.4 is 0 Å². The molecule has 2 amide bonds. The zero-order valence-electron chi connectivity index (χ0n) is 9.44. The number of rotatable bonds is 3. The van der Waals surface area contributed by atoms with Crippen LogP contribution in [0.5, 0.6) is 0 Å². The van der Waals surface area contributed by atoms with Crippen molar-refractivity contribution in [1.29, 1.82) is 0 Å². The fourth-order valence-electron chi connectivity index (χ4n) is 1.71. The van der Waals surface area contributed by atoms with Gasteiger partial charge in [-0.25, -0.2) is 0 Å². The molecule has 17 heavy (non-hydrogen) atoms. The van der Waals surface area contributed by atoms with Gasteiger partial charge in [-0.3, -0.25) is 14.5 Å². The van der Waals surface area contributed by atoms with Crippen LogP contribution >= 0.6 is 15.9 Å². The van der Waals surface area contributed by atoms with E-state index in [-0.39, 0.29) is 11.8 Å². The number of hydrogen-bond acceptors (Lipinski definition) is 2. The lowest BCUT2D eigenvalue weighted by Gasteiger charge is -2.11. The Hall–Kier alpha value is -1.42. The summed E-state index contributed by atoms with van der Waals surface area (Å²) in [5.74, 6) is -0.409. The molecule has 0 atom stereocenters. The van der Waals surface area contributed by atoms with Gasteiger partial charge in [0.1, 0.15) is 0 Å². The smallest absolute Gasteiger partial charge is 0.261 e. The highest BCUT2D eigenvalue weighted by atomic mass is 79.9. The third-order valence-corrected chi connectivity index (χ3v) is 3.60. The Morgan fingerprint density at radius 1 is 1.24 bits per heavy atom. The molecule has 1 heterocycles. The van der Waals surface area contributed by atoms with E-state index in [0.29, 0.717) is 17.7 Å². The standard InChI is InChI=1S/C13H12BrNO2/c1-9(8-14)6-7-15-12(16)10-4-2-3-5-11(10)13(15)17/h2-6H,7-8H2,1H3. The van der Waals surface area contributed by atoms with Gasteiger partial charge in [-0.1, -0.05) is 39.7 Å². The van der Waals surface area contributed by atoms with Gasteiger partial charge in [0.15, 0.2) is 0 Å². The zero-order valence-corrected chi connectivity index (χ0v) is 11.0. The summed E-state index contributed by atoms with van der Waals surface area (Å²) >= 11 is 3.33. The highest BCUT2D eigenvalue weighted by Gasteiger charge is 2.34. The van der Waals surface area contributed by atoms with Gasteiger partial charge in [0.05, 0.1) is 11.1 Å². The van der Waals surface area contributed by atoms with Crippen LogP contribution in [0.2, 0.25) is 0 Å². The lowest BCUT2D eigenvalue weighted by atomic mass is 10.1. The summed E-state index contributed by atoms with van der Waals surface area (Å²) in [6.45, 7) is 2.29. The Labute approximate surface area is 108 Å². The second kappa shape index (κ2) is 4.84. The SMILES string of the molecule is CC(=CCN1C(=O)c2ccccc2C1=O)CBr. The van der Waals surface area contributed by atoms with Gasteiger partial charge in [-0.15, -0.1) is 0 Å². The molecule has 0 saturated heterocycles. The van der Waals surface area contributed by atoms with Crippen molar-refractivity contribution in [2.45, 2.75) is 6.92 Å². The van der Waals surface area contributed by atoms with Crippen molar-refractivity contribution in [2.24, 2.45) is 0 Å². The van der Waals surface area contributed by atoms with Crippen molar-refractivity contribution in [2.75, 3.05) is 11.9 Å². The molecule has 0 bridgehead atoms. The predicted octanol–water partition coefficient (Wildman–Crippen LogP) is 2.62. The first-order chi connectivity index (χ1) is 8.15. The number of amides is 2. The Morgan fingerprint density at radius 3 is 2.24 bits per heavy atom. The molecule has 0 N–H and O–H groups in total. The van der Waals surface area contributed by atoms with Gasteiger partial charge in [-0.05, 0) is 19.1 Å². The molecule has 0 aromatic heterocycles. The maximum absolute atomic E-state index is 12.0. The first kappa shape index (κ1) is 12.0. The van der Waals surface area contributed by atoms with Crippen molar-refractivity contribution in [3.05, 3.63) is 47.0 Å². The molecule has 1 aliphatic rings. The van der Waals surface area contributed by atoms with Gasteiger partial charge in [0.2, 0.25) is 0 Å². The molecule has 4 heteroatoms.